The summed E-state index contributed by atoms with van der Waals surface area (Å²) in [5, 5.41) is 3.14. The quantitative estimate of drug-likeness (QED) is 0.711. The number of aryl methyl sites for hydroxylation is 2. The second-order valence-corrected chi connectivity index (χ2v) is 6.38. The van der Waals surface area contributed by atoms with E-state index in [2.05, 4.69) is 10.3 Å². The molecule has 0 saturated carbocycles. The van der Waals surface area contributed by atoms with Crippen molar-refractivity contribution in [3.63, 3.8) is 0 Å². The van der Waals surface area contributed by atoms with Crippen LogP contribution in [0.5, 0.6) is 11.5 Å². The van der Waals surface area contributed by atoms with Crippen LogP contribution in [-0.2, 0) is 22.4 Å². The number of aromatic nitrogens is 1. The molecule has 0 aliphatic carbocycles. The van der Waals surface area contributed by atoms with Gasteiger partial charge < -0.3 is 19.5 Å². The van der Waals surface area contributed by atoms with Crippen molar-refractivity contribution in [2.24, 2.45) is 0 Å². The average Bonchev–Trinajstić information content (AvgIpc) is 3.08. The molecule has 8 heteroatoms. The van der Waals surface area contributed by atoms with Crippen molar-refractivity contribution >= 4 is 28.3 Å². The average molecular weight is 378 g/mol. The molecule has 1 aromatic heterocycles. The van der Waals surface area contributed by atoms with E-state index in [4.69, 9.17) is 14.2 Å². The van der Waals surface area contributed by atoms with Gasteiger partial charge in [0.2, 0.25) is 5.91 Å². The summed E-state index contributed by atoms with van der Waals surface area (Å²) in [7, 11) is 4.47. The number of methoxy groups -OCH3 is 3. The third-order valence-corrected chi connectivity index (χ3v) is 4.73. The highest BCUT2D eigenvalue weighted by Crippen LogP contribution is 2.28. The minimum absolute atomic E-state index is 0.174. The smallest absolute Gasteiger partial charge is 0.350 e. The standard InChI is InChI=1S/C18H22N2O5S/c1-5-12-16(17(22)25-4)26-18(19-12)20-15(21)9-7-11-6-8-13(23-2)14(10-11)24-3/h6,8,10H,5,7,9H2,1-4H3,(H,19,20,21). The van der Waals surface area contributed by atoms with Crippen LogP contribution < -0.4 is 14.8 Å². The third-order valence-electron chi connectivity index (χ3n) is 3.74. The molecule has 0 saturated heterocycles. The van der Waals surface area contributed by atoms with Gasteiger partial charge in [-0.25, -0.2) is 9.78 Å². The predicted molar refractivity (Wildman–Crippen MR) is 99.3 cm³/mol. The van der Waals surface area contributed by atoms with Gasteiger partial charge in [-0.05, 0) is 30.5 Å². The number of carbonyl (C=O) groups excluding carboxylic acids is 2. The molecule has 1 aromatic carbocycles. The van der Waals surface area contributed by atoms with Gasteiger partial charge in [-0.2, -0.15) is 0 Å². The van der Waals surface area contributed by atoms with E-state index in [9.17, 15) is 9.59 Å². The fourth-order valence-corrected chi connectivity index (χ4v) is 3.36. The Labute approximate surface area is 156 Å². The number of rotatable bonds is 8. The lowest BCUT2D eigenvalue weighted by Crippen LogP contribution is -2.12. The first-order chi connectivity index (χ1) is 12.5. The van der Waals surface area contributed by atoms with E-state index in [0.29, 0.717) is 40.0 Å². The summed E-state index contributed by atoms with van der Waals surface area (Å²) in [5.74, 6) is 0.657. The van der Waals surface area contributed by atoms with Crippen LogP contribution in [0.15, 0.2) is 18.2 Å². The minimum Gasteiger partial charge on any atom is -0.493 e. The van der Waals surface area contributed by atoms with Crippen LogP contribution in [-0.4, -0.2) is 38.2 Å². The SMILES string of the molecule is CCc1nc(NC(=O)CCc2ccc(OC)c(OC)c2)sc1C(=O)OC. The molecule has 7 nitrogen and oxygen atoms in total. The van der Waals surface area contributed by atoms with Crippen LogP contribution in [0.2, 0.25) is 0 Å². The van der Waals surface area contributed by atoms with Gasteiger partial charge in [-0.15, -0.1) is 0 Å². The molecule has 140 valence electrons. The Morgan fingerprint density at radius 2 is 1.88 bits per heavy atom. The topological polar surface area (TPSA) is 86.8 Å². The second-order valence-electron chi connectivity index (χ2n) is 5.38. The van der Waals surface area contributed by atoms with E-state index in [1.807, 2.05) is 25.1 Å². The van der Waals surface area contributed by atoms with E-state index >= 15 is 0 Å². The first-order valence-corrected chi connectivity index (χ1v) is 8.92. The maximum absolute atomic E-state index is 12.2. The fourth-order valence-electron chi connectivity index (χ4n) is 2.37. The number of benzene rings is 1. The number of anilines is 1. The van der Waals surface area contributed by atoms with Crippen molar-refractivity contribution in [1.29, 1.82) is 0 Å². The summed E-state index contributed by atoms with van der Waals surface area (Å²) in [5.41, 5.74) is 1.58. The first kappa shape index (κ1) is 19.7. The van der Waals surface area contributed by atoms with Crippen LogP contribution in [0.1, 0.15) is 34.3 Å². The van der Waals surface area contributed by atoms with E-state index in [1.54, 1.807) is 14.2 Å². The highest BCUT2D eigenvalue weighted by molar-refractivity contribution is 7.17. The fraction of sp³-hybridized carbons (Fsp3) is 0.389. The van der Waals surface area contributed by atoms with Gasteiger partial charge in [0.1, 0.15) is 4.88 Å². The van der Waals surface area contributed by atoms with Crippen LogP contribution in [0.3, 0.4) is 0 Å². The Morgan fingerprint density at radius 1 is 1.15 bits per heavy atom. The van der Waals surface area contributed by atoms with E-state index in [1.165, 1.54) is 7.11 Å². The molecule has 1 N–H and O–H groups in total. The van der Waals surface area contributed by atoms with Gasteiger partial charge in [0.25, 0.3) is 0 Å². The highest BCUT2D eigenvalue weighted by atomic mass is 32.1. The number of carbonyl (C=O) groups is 2. The number of hydrogen-bond acceptors (Lipinski definition) is 7. The minimum atomic E-state index is -0.440. The predicted octanol–water partition coefficient (Wildman–Crippen LogP) is 3.08. The van der Waals surface area contributed by atoms with Gasteiger partial charge in [-0.3, -0.25) is 4.79 Å². The summed E-state index contributed by atoms with van der Waals surface area (Å²) < 4.78 is 15.2. The van der Waals surface area contributed by atoms with Crippen LogP contribution in [0.25, 0.3) is 0 Å². The van der Waals surface area contributed by atoms with Crippen LogP contribution in [0.4, 0.5) is 5.13 Å². The Hall–Kier alpha value is -2.61. The first-order valence-electron chi connectivity index (χ1n) is 8.11. The molecule has 1 heterocycles. The molecule has 0 unspecified atom stereocenters. The molecule has 1 amide bonds. The van der Waals surface area contributed by atoms with Crippen molar-refractivity contribution in [3.8, 4) is 11.5 Å². The van der Waals surface area contributed by atoms with Crippen molar-refractivity contribution < 1.29 is 23.8 Å². The summed E-state index contributed by atoms with van der Waals surface area (Å²) in [6, 6.07) is 5.55. The third kappa shape index (κ3) is 4.72. The zero-order valence-electron chi connectivity index (χ0n) is 15.3. The number of nitrogens with one attached hydrogen (secondary N) is 1. The van der Waals surface area contributed by atoms with Crippen molar-refractivity contribution in [2.45, 2.75) is 26.2 Å². The summed E-state index contributed by atoms with van der Waals surface area (Å²) in [6.45, 7) is 1.89. The van der Waals surface area contributed by atoms with E-state index in [0.717, 1.165) is 16.9 Å². The van der Waals surface area contributed by atoms with Gasteiger partial charge in [0.15, 0.2) is 16.6 Å². The van der Waals surface area contributed by atoms with Gasteiger partial charge in [0, 0.05) is 6.42 Å². The molecule has 0 aliphatic rings. The Kier molecular flexibility index (Phi) is 6.97. The van der Waals surface area contributed by atoms with Crippen molar-refractivity contribution in [3.05, 3.63) is 34.3 Å². The molecule has 0 spiro atoms. The number of thiazole rings is 1. The van der Waals surface area contributed by atoms with Crippen molar-refractivity contribution in [2.75, 3.05) is 26.6 Å². The number of esters is 1. The lowest BCUT2D eigenvalue weighted by atomic mass is 10.1. The lowest BCUT2D eigenvalue weighted by molar-refractivity contribution is -0.116. The molecule has 0 fully saturated rings. The van der Waals surface area contributed by atoms with Gasteiger partial charge in [-0.1, -0.05) is 24.3 Å². The van der Waals surface area contributed by atoms with Crippen LogP contribution in [0, 0.1) is 0 Å². The largest absolute Gasteiger partial charge is 0.493 e. The zero-order valence-corrected chi connectivity index (χ0v) is 16.1. The van der Waals surface area contributed by atoms with Crippen molar-refractivity contribution in [1.82, 2.24) is 4.98 Å². The van der Waals surface area contributed by atoms with Gasteiger partial charge >= 0.3 is 5.97 Å². The van der Waals surface area contributed by atoms with Crippen LogP contribution >= 0.6 is 11.3 Å². The summed E-state index contributed by atoms with van der Waals surface area (Å²) in [6.07, 6.45) is 1.41. The molecule has 0 atom stereocenters. The summed E-state index contributed by atoms with van der Waals surface area (Å²) in [4.78, 5) is 28.6. The molecular weight excluding hydrogens is 356 g/mol. The number of ether oxygens (including phenoxy) is 3. The number of hydrogen-bond donors (Lipinski definition) is 1. The maximum Gasteiger partial charge on any atom is 0.350 e. The molecule has 0 radical (unpaired) electrons. The Morgan fingerprint density at radius 3 is 2.50 bits per heavy atom. The monoisotopic (exact) mass is 378 g/mol. The molecule has 2 rings (SSSR count). The lowest BCUT2D eigenvalue weighted by Gasteiger charge is -2.09. The Balaban J connectivity index is 1.99. The summed E-state index contributed by atoms with van der Waals surface area (Å²) >= 11 is 1.12. The zero-order chi connectivity index (χ0) is 19.1. The van der Waals surface area contributed by atoms with Gasteiger partial charge in [0.05, 0.1) is 27.0 Å². The van der Waals surface area contributed by atoms with E-state index < -0.39 is 5.97 Å². The highest BCUT2D eigenvalue weighted by Gasteiger charge is 2.18. The molecule has 26 heavy (non-hydrogen) atoms. The normalized spacial score (nSPS) is 10.3. The second kappa shape index (κ2) is 9.19. The van der Waals surface area contributed by atoms with E-state index in [-0.39, 0.29) is 12.3 Å². The Bertz CT molecular complexity index is 788. The maximum atomic E-state index is 12.2. The molecule has 2 aromatic rings. The molecular formula is C18H22N2O5S. The molecule has 0 aliphatic heterocycles. The number of nitrogens with zero attached hydrogens (tertiary/aromatic N) is 1. The molecule has 0 bridgehead atoms. The number of amides is 1.